The van der Waals surface area contributed by atoms with Crippen molar-refractivity contribution in [3.8, 4) is 0 Å². The molecule has 88 valence electrons. The van der Waals surface area contributed by atoms with E-state index in [4.69, 9.17) is 0 Å². The largest absolute Gasteiger partial charge is 2.00 e. The fourth-order valence-corrected chi connectivity index (χ4v) is 0. The first-order valence-corrected chi connectivity index (χ1v) is 0. The molecule has 0 aromatic heterocycles. The molecule has 0 aliphatic rings. The van der Waals surface area contributed by atoms with E-state index in [1.807, 2.05) is 0 Å². The molecular weight excluding hydrogens is 394 g/mol. The Morgan fingerprint density at radius 3 is 0.200 bits per heavy atom. The first-order chi connectivity index (χ1) is 0. The van der Waals surface area contributed by atoms with Gasteiger partial charge in [0.25, 0.3) is 0 Å². The second kappa shape index (κ2) is 267. The van der Waals surface area contributed by atoms with Crippen molar-refractivity contribution in [1.82, 2.24) is 0 Å². The topological polar surface area (TPSA) is 284 Å². The van der Waals surface area contributed by atoms with Gasteiger partial charge in [0.2, 0.25) is 0 Å². The van der Waals surface area contributed by atoms with Crippen LogP contribution in [0.1, 0.15) is 0 Å². The number of hydrogen-bond acceptors (Lipinski definition) is 0. The van der Waals surface area contributed by atoms with E-state index in [0.29, 0.717) is 0 Å². The Morgan fingerprint density at radius 1 is 0.200 bits per heavy atom. The summed E-state index contributed by atoms with van der Waals surface area (Å²) in [6.45, 7) is 0. The maximum absolute atomic E-state index is 0. The first-order valence-electron chi connectivity index (χ1n) is 0. The number of rotatable bonds is 0. The molecule has 9 nitrogen and oxygen atoms in total. The Labute approximate surface area is 198 Å². The van der Waals surface area contributed by atoms with Gasteiger partial charge in [-0.05, 0) is 0 Å². The van der Waals surface area contributed by atoms with Gasteiger partial charge in [0, 0.05) is 0 Å². The van der Waals surface area contributed by atoms with Crippen LogP contribution in [0.15, 0.2) is 0 Å². The predicted molar refractivity (Wildman–Crippen MR) is 44.0 cm³/mol. The van der Waals surface area contributed by atoms with Gasteiger partial charge in [-0.1, -0.05) is 0 Å². The average Bonchev–Trinajstić information content (AvgIpc) is 0. The molecule has 15 heavy (non-hydrogen) atoms. The molecule has 0 saturated heterocycles. The van der Waals surface area contributed by atoms with E-state index in [2.05, 4.69) is 0 Å². The van der Waals surface area contributed by atoms with Crippen molar-refractivity contribution >= 4 is 34.1 Å². The molecule has 0 spiro atoms. The Kier molecular flexibility index (Phi) is 5580. The minimum Gasteiger partial charge on any atom is -2.00 e. The third kappa shape index (κ3) is 237. The van der Waals surface area contributed by atoms with Gasteiger partial charge in [0.15, 0.2) is 0 Å². The molecule has 0 aromatic carbocycles. The Hall–Kier alpha value is 4.68. The minimum atomic E-state index is 0. The van der Waals surface area contributed by atoms with E-state index in [9.17, 15) is 0 Å². The third-order valence-electron chi connectivity index (χ3n) is 0. The van der Waals surface area contributed by atoms with Crippen molar-refractivity contribution < 1.29 is 168 Å². The Morgan fingerprint density at radius 2 is 0.200 bits per heavy atom. The molecule has 0 bridgehead atoms. The predicted octanol–water partition coefficient (Wildman–Crippen LogP) is -20.2. The van der Waals surface area contributed by atoms with Gasteiger partial charge in [0.05, 0.1) is 0 Å². The summed E-state index contributed by atoms with van der Waals surface area (Å²) >= 11 is 0. The van der Waals surface area contributed by atoms with Gasteiger partial charge in [-0.25, -0.2) is 0 Å². The van der Waals surface area contributed by atoms with E-state index in [1.165, 1.54) is 0 Å². The van der Waals surface area contributed by atoms with Crippen molar-refractivity contribution in [3.05, 3.63) is 0 Å². The van der Waals surface area contributed by atoms with Crippen LogP contribution in [0.25, 0.3) is 0 Å². The van der Waals surface area contributed by atoms with Gasteiger partial charge in [-0.3, -0.25) is 0 Å². The van der Waals surface area contributed by atoms with E-state index in [1.54, 1.807) is 0 Å². The van der Waals surface area contributed by atoms with Crippen LogP contribution in [0.4, 0.5) is 0 Å². The van der Waals surface area contributed by atoms with Crippen LogP contribution in [-0.4, -0.2) is 83.4 Å². The normalized spacial score (nSPS) is 0. The fraction of sp³-hybridized carbons (Fsp3) is 0. The first kappa shape index (κ1) is 314. The maximum Gasteiger partial charge on any atom is 1.00 e. The molecule has 15 heteroatoms. The quantitative estimate of drug-likeness (QED) is 0.335. The zero-order valence-electron chi connectivity index (χ0n) is 9.32. The SMILES string of the molecule is O.O.O.O.O.O.O.O.O.[Na+].[Na+].[Na+].[Na+].[Se-2].[Se-2]. The summed E-state index contributed by atoms with van der Waals surface area (Å²) in [5.41, 5.74) is 0. The van der Waals surface area contributed by atoms with E-state index < -0.39 is 0 Å². The van der Waals surface area contributed by atoms with Crippen molar-refractivity contribution in [2.75, 3.05) is 0 Å². The molecule has 0 rings (SSSR count). The Bertz CT molecular complexity index is 20.1. The molecule has 0 unspecified atom stereocenters. The molecule has 0 heterocycles. The molecule has 0 aromatic rings. The molecule has 0 radical (unpaired) electrons. The fourth-order valence-electron chi connectivity index (χ4n) is 0. The van der Waals surface area contributed by atoms with Gasteiger partial charge in [0.1, 0.15) is 0 Å². The second-order valence-corrected chi connectivity index (χ2v) is 0. The molecular formula is H18Na4O9Se2. The van der Waals surface area contributed by atoms with E-state index in [0.717, 1.165) is 0 Å². The van der Waals surface area contributed by atoms with Crippen LogP contribution in [0.5, 0.6) is 0 Å². The van der Waals surface area contributed by atoms with Gasteiger partial charge in [-0.2, -0.15) is 0 Å². The maximum atomic E-state index is 0. The van der Waals surface area contributed by atoms with Crippen LogP contribution < -0.4 is 118 Å². The van der Waals surface area contributed by atoms with E-state index >= 15 is 0 Å². The summed E-state index contributed by atoms with van der Waals surface area (Å²) in [5, 5.41) is 0. The Balaban J connectivity index is 0. The molecule has 0 fully saturated rings. The minimum absolute atomic E-state index is 0. The van der Waals surface area contributed by atoms with Gasteiger partial charge < -0.3 is 83.4 Å². The molecule has 0 saturated carbocycles. The molecule has 0 amide bonds. The third-order valence-corrected chi connectivity index (χ3v) is 0. The summed E-state index contributed by atoms with van der Waals surface area (Å²) in [4.78, 5) is 0. The van der Waals surface area contributed by atoms with Crippen LogP contribution in [0.2, 0.25) is 0 Å². The van der Waals surface area contributed by atoms with Crippen molar-refractivity contribution in [2.24, 2.45) is 0 Å². The smallest absolute Gasteiger partial charge is 1.00 e. The van der Waals surface area contributed by atoms with E-state index in [-0.39, 0.29) is 202 Å². The monoisotopic (exact) mass is 414 g/mol. The molecule has 0 aliphatic heterocycles. The summed E-state index contributed by atoms with van der Waals surface area (Å²) in [6, 6.07) is 0. The van der Waals surface area contributed by atoms with Crippen molar-refractivity contribution in [3.63, 3.8) is 0 Å². The summed E-state index contributed by atoms with van der Waals surface area (Å²) in [7, 11) is 0. The number of hydrogen-bond donors (Lipinski definition) is 0. The van der Waals surface area contributed by atoms with Crippen molar-refractivity contribution in [1.29, 1.82) is 0 Å². The summed E-state index contributed by atoms with van der Waals surface area (Å²) in [6.07, 6.45) is 0. The van der Waals surface area contributed by atoms with Gasteiger partial charge >= 0.3 is 118 Å². The van der Waals surface area contributed by atoms with Crippen LogP contribution >= 0.6 is 0 Å². The molecule has 18 N–H and O–H groups in total. The van der Waals surface area contributed by atoms with Crippen LogP contribution in [0, 0.1) is 0 Å². The van der Waals surface area contributed by atoms with Crippen LogP contribution in [0.3, 0.4) is 0 Å². The van der Waals surface area contributed by atoms with Gasteiger partial charge in [-0.15, -0.1) is 0 Å². The van der Waals surface area contributed by atoms with Crippen molar-refractivity contribution in [2.45, 2.75) is 0 Å². The zero-order chi connectivity index (χ0) is 0. The molecule has 0 aliphatic carbocycles. The summed E-state index contributed by atoms with van der Waals surface area (Å²) in [5.74, 6) is 0. The second-order valence-electron chi connectivity index (χ2n) is 0. The standard InChI is InChI=1S/4Na.9H2O.2Se/h;;;;9*1H2;;/q4*+1;;;;;;;;;;2*-2. The summed E-state index contributed by atoms with van der Waals surface area (Å²) < 4.78 is 0. The van der Waals surface area contributed by atoms with Crippen LogP contribution in [-0.2, 0) is 0 Å². The average molecular weight is 412 g/mol. The molecule has 0 atom stereocenters. The zero-order valence-corrected chi connectivity index (χ0v) is 20.7.